The summed E-state index contributed by atoms with van der Waals surface area (Å²) in [5.41, 5.74) is 14.8. The van der Waals surface area contributed by atoms with E-state index in [0.29, 0.717) is 0 Å². The number of aryl methyl sites for hydroxylation is 1. The van der Waals surface area contributed by atoms with Crippen molar-refractivity contribution >= 4 is 65.9 Å². The Labute approximate surface area is 292 Å². The molecular weight excluding hydrogens is 605 g/mol. The summed E-state index contributed by atoms with van der Waals surface area (Å²) in [6.45, 7) is 9.27. The second kappa shape index (κ2) is 10.5. The van der Waals surface area contributed by atoms with E-state index < -0.39 is 0 Å². The summed E-state index contributed by atoms with van der Waals surface area (Å²) in [6.07, 6.45) is 2.36. The lowest BCUT2D eigenvalue weighted by molar-refractivity contribution is 0.664. The maximum absolute atomic E-state index is 6.58. The fraction of sp³-hybridized carbons (Fsp3) is 0.102. The van der Waals surface area contributed by atoms with Crippen LogP contribution in [0.4, 0.5) is 0 Å². The van der Waals surface area contributed by atoms with E-state index in [0.717, 1.165) is 11.2 Å². The molecule has 0 unspecified atom stereocenters. The van der Waals surface area contributed by atoms with Crippen molar-refractivity contribution in [3.05, 3.63) is 167 Å². The Morgan fingerprint density at radius 2 is 1.24 bits per heavy atom. The summed E-state index contributed by atoms with van der Waals surface area (Å²) in [4.78, 5) is 0. The predicted octanol–water partition coefficient (Wildman–Crippen LogP) is 13.9. The fourth-order valence-corrected chi connectivity index (χ4v) is 8.85. The van der Waals surface area contributed by atoms with Crippen LogP contribution in [-0.4, -0.2) is 0 Å². The molecule has 10 rings (SSSR count). The smallest absolute Gasteiger partial charge is 0.143 e. The molecule has 238 valence electrons. The minimum Gasteiger partial charge on any atom is -0.455 e. The predicted molar refractivity (Wildman–Crippen MR) is 214 cm³/mol. The Morgan fingerprint density at radius 1 is 0.600 bits per heavy atom. The van der Waals surface area contributed by atoms with Crippen molar-refractivity contribution in [2.75, 3.05) is 0 Å². The largest absolute Gasteiger partial charge is 0.455 e. The Balaban J connectivity index is 1.10. The van der Waals surface area contributed by atoms with Gasteiger partial charge < -0.3 is 4.42 Å². The molecule has 0 saturated carbocycles. The van der Waals surface area contributed by atoms with Gasteiger partial charge in [0.2, 0.25) is 0 Å². The average molecular weight is 641 g/mol. The van der Waals surface area contributed by atoms with Gasteiger partial charge in [-0.05, 0) is 115 Å². The van der Waals surface area contributed by atoms with Gasteiger partial charge in [0.05, 0.1) is 0 Å². The molecule has 0 radical (unpaired) electrons. The van der Waals surface area contributed by atoms with Gasteiger partial charge in [-0.15, -0.1) is 0 Å². The lowest BCUT2D eigenvalue weighted by Crippen LogP contribution is -2.15. The van der Waals surface area contributed by atoms with Crippen molar-refractivity contribution in [3.63, 3.8) is 0 Å². The Morgan fingerprint density at radius 3 is 1.96 bits per heavy atom. The number of furan rings is 1. The molecule has 8 aromatic carbocycles. The van der Waals surface area contributed by atoms with Crippen LogP contribution in [0.3, 0.4) is 0 Å². The number of hydrogen-bond donors (Lipinski definition) is 0. The molecule has 0 atom stereocenters. The average Bonchev–Trinajstić information content (AvgIpc) is 3.64. The molecule has 0 bridgehead atoms. The van der Waals surface area contributed by atoms with E-state index in [2.05, 4.69) is 173 Å². The monoisotopic (exact) mass is 640 g/mol. The van der Waals surface area contributed by atoms with Crippen LogP contribution < -0.4 is 0 Å². The third kappa shape index (κ3) is 4.07. The fourth-order valence-electron chi connectivity index (χ4n) is 8.85. The Bertz CT molecular complexity index is 2860. The van der Waals surface area contributed by atoms with Crippen molar-refractivity contribution in [3.8, 4) is 22.3 Å². The Kier molecular flexibility index (Phi) is 6.12. The van der Waals surface area contributed by atoms with Gasteiger partial charge in [0, 0.05) is 21.6 Å². The summed E-state index contributed by atoms with van der Waals surface area (Å²) in [5, 5.41) is 10.0. The summed E-state index contributed by atoms with van der Waals surface area (Å²) in [5.74, 6) is 0. The van der Waals surface area contributed by atoms with Crippen LogP contribution in [0.2, 0.25) is 0 Å². The maximum atomic E-state index is 6.58. The number of benzene rings is 8. The molecule has 1 aliphatic rings. The molecule has 1 nitrogen and oxygen atoms in total. The van der Waals surface area contributed by atoms with Crippen molar-refractivity contribution in [1.82, 2.24) is 0 Å². The van der Waals surface area contributed by atoms with Gasteiger partial charge in [-0.25, -0.2) is 0 Å². The van der Waals surface area contributed by atoms with Gasteiger partial charge in [0.1, 0.15) is 11.2 Å². The number of allylic oxidation sites excluding steroid dienone is 1. The molecule has 9 aromatic rings. The van der Waals surface area contributed by atoms with Gasteiger partial charge >= 0.3 is 0 Å². The van der Waals surface area contributed by atoms with E-state index >= 15 is 0 Å². The first kappa shape index (κ1) is 29.0. The van der Waals surface area contributed by atoms with Gasteiger partial charge in [0.25, 0.3) is 0 Å². The second-order valence-corrected chi connectivity index (χ2v) is 14.6. The van der Waals surface area contributed by atoms with Crippen LogP contribution in [-0.2, 0) is 5.41 Å². The van der Waals surface area contributed by atoms with E-state index in [4.69, 9.17) is 4.42 Å². The third-order valence-electron chi connectivity index (χ3n) is 11.3. The van der Waals surface area contributed by atoms with E-state index in [1.54, 1.807) is 0 Å². The molecular formula is C49H36O. The van der Waals surface area contributed by atoms with E-state index in [9.17, 15) is 0 Å². The number of fused-ring (bicyclic) bond motifs is 12. The lowest BCUT2D eigenvalue weighted by atomic mass is 9.79. The number of para-hydroxylation sites is 1. The summed E-state index contributed by atoms with van der Waals surface area (Å²) >= 11 is 0. The first-order valence-electron chi connectivity index (χ1n) is 17.6. The maximum Gasteiger partial charge on any atom is 0.143 e. The molecule has 0 amide bonds. The van der Waals surface area contributed by atoms with Crippen molar-refractivity contribution in [1.29, 1.82) is 0 Å². The molecule has 0 aliphatic heterocycles. The molecule has 1 heterocycles. The topological polar surface area (TPSA) is 13.1 Å². The zero-order valence-corrected chi connectivity index (χ0v) is 28.8. The molecule has 1 aliphatic carbocycles. The normalized spacial score (nSPS) is 13.9. The molecule has 0 spiro atoms. The number of rotatable bonds is 3. The van der Waals surface area contributed by atoms with Crippen molar-refractivity contribution in [2.24, 2.45) is 0 Å². The zero-order valence-electron chi connectivity index (χ0n) is 28.8. The molecule has 1 heteroatoms. The highest BCUT2D eigenvalue weighted by atomic mass is 16.3. The third-order valence-corrected chi connectivity index (χ3v) is 11.3. The SMILES string of the molecule is C/C(=C\c1ccc(-c2c3ccccc3cc3ccccc23)cc1C)c1ccc2c(c1)C(C)(C)c1c-2c2c3ccccc3oc2c2ccccc12. The standard InChI is InChI=1S/C49H36O/c1-29(25-31-21-22-35(26-30(31)2)44-36-15-7-5-13-33(36)27-34-14-6-8-16-37(34)44)32-23-24-40-42(28-32)49(3,4)47-38-17-9-10-18-39(38)48-46(45(40)47)41-19-11-12-20-43(41)50-48/h5-28H,1-4H3/b29-25+. The van der Waals surface area contributed by atoms with Crippen molar-refractivity contribution < 1.29 is 4.42 Å². The van der Waals surface area contributed by atoms with Crippen LogP contribution in [0.25, 0.3) is 88.2 Å². The van der Waals surface area contributed by atoms with Gasteiger partial charge in [-0.2, -0.15) is 0 Å². The van der Waals surface area contributed by atoms with E-state index in [-0.39, 0.29) is 5.41 Å². The number of hydrogen-bond acceptors (Lipinski definition) is 1. The minimum atomic E-state index is -0.175. The van der Waals surface area contributed by atoms with Crippen molar-refractivity contribution in [2.45, 2.75) is 33.1 Å². The zero-order chi connectivity index (χ0) is 33.7. The highest BCUT2D eigenvalue weighted by Gasteiger charge is 2.39. The highest BCUT2D eigenvalue weighted by Crippen LogP contribution is 2.56. The molecule has 1 aromatic heterocycles. The quantitative estimate of drug-likeness (QED) is 0.138. The lowest BCUT2D eigenvalue weighted by Gasteiger charge is -2.24. The van der Waals surface area contributed by atoms with Gasteiger partial charge in [0.15, 0.2) is 0 Å². The van der Waals surface area contributed by atoms with E-state index in [1.165, 1.54) is 98.7 Å². The Hall–Kier alpha value is -5.92. The van der Waals surface area contributed by atoms with Crippen LogP contribution in [0.15, 0.2) is 144 Å². The summed E-state index contributed by atoms with van der Waals surface area (Å²) in [7, 11) is 0. The summed E-state index contributed by atoms with van der Waals surface area (Å²) in [6, 6.07) is 51.1. The van der Waals surface area contributed by atoms with Crippen LogP contribution in [0.5, 0.6) is 0 Å². The molecule has 0 saturated heterocycles. The summed E-state index contributed by atoms with van der Waals surface area (Å²) < 4.78 is 6.58. The van der Waals surface area contributed by atoms with E-state index in [1.807, 2.05) is 0 Å². The van der Waals surface area contributed by atoms with Crippen LogP contribution in [0.1, 0.15) is 48.6 Å². The second-order valence-electron chi connectivity index (χ2n) is 14.6. The first-order valence-corrected chi connectivity index (χ1v) is 17.6. The minimum absolute atomic E-state index is 0.175. The molecule has 0 N–H and O–H groups in total. The van der Waals surface area contributed by atoms with Gasteiger partial charge in [-0.3, -0.25) is 0 Å². The van der Waals surface area contributed by atoms with Gasteiger partial charge in [-0.1, -0.05) is 141 Å². The van der Waals surface area contributed by atoms with Crippen LogP contribution >= 0.6 is 0 Å². The molecule has 50 heavy (non-hydrogen) atoms. The van der Waals surface area contributed by atoms with Crippen LogP contribution in [0, 0.1) is 6.92 Å². The highest BCUT2D eigenvalue weighted by molar-refractivity contribution is 6.24. The molecule has 0 fully saturated rings. The first-order chi connectivity index (χ1) is 24.4.